The number of aryl methyl sites for hydroxylation is 1. The van der Waals surface area contributed by atoms with Gasteiger partial charge in [-0.2, -0.15) is 4.68 Å². The lowest BCUT2D eigenvalue weighted by Gasteiger charge is -2.15. The number of rotatable bonds is 5. The summed E-state index contributed by atoms with van der Waals surface area (Å²) in [6.45, 7) is 3.43. The molecule has 1 N–H and O–H groups in total. The summed E-state index contributed by atoms with van der Waals surface area (Å²) in [6, 6.07) is 5.48. The molecule has 0 aliphatic heterocycles. The van der Waals surface area contributed by atoms with Gasteiger partial charge in [-0.3, -0.25) is 4.79 Å². The Morgan fingerprint density at radius 3 is 2.52 bits per heavy atom. The van der Waals surface area contributed by atoms with E-state index in [1.165, 1.54) is 10.7 Å². The van der Waals surface area contributed by atoms with Gasteiger partial charge in [-0.25, -0.2) is 0 Å². The van der Waals surface area contributed by atoms with Crippen molar-refractivity contribution >= 4 is 40.6 Å². The second-order valence-electron chi connectivity index (χ2n) is 4.86. The largest absolute Gasteiger partial charge is 0.390 e. The number of amides is 1. The quantitative estimate of drug-likeness (QED) is 0.647. The summed E-state index contributed by atoms with van der Waals surface area (Å²) in [5.74, 6) is -0.701. The number of carbonyl (C=O) groups excluding carboxylic acids is 1. The first-order chi connectivity index (χ1) is 10.8. The Labute approximate surface area is 142 Å². The molecule has 2 rings (SSSR count). The standard InChI is InChI=1S/C14H14Cl2N4O3/c1-3-11(19-8(2)7-12(18-19)20(22)23)14(21)17-13-9(15)5-4-6-10(13)16/h4-7,11H,3H2,1-2H3,(H,17,21). The Kier molecular flexibility index (Phi) is 5.23. The molecule has 0 radical (unpaired) electrons. The molecule has 1 aromatic heterocycles. The van der Waals surface area contributed by atoms with E-state index in [1.807, 2.05) is 0 Å². The maximum atomic E-state index is 12.5. The monoisotopic (exact) mass is 356 g/mol. The number of carbonyl (C=O) groups is 1. The third-order valence-corrected chi connectivity index (χ3v) is 3.92. The van der Waals surface area contributed by atoms with E-state index < -0.39 is 16.9 Å². The molecule has 9 heteroatoms. The Bertz CT molecular complexity index is 740. The van der Waals surface area contributed by atoms with Gasteiger partial charge >= 0.3 is 5.82 Å². The zero-order valence-corrected chi connectivity index (χ0v) is 13.9. The van der Waals surface area contributed by atoms with Crippen LogP contribution in [0.15, 0.2) is 24.3 Å². The van der Waals surface area contributed by atoms with Crippen LogP contribution in [0.25, 0.3) is 0 Å². The highest BCUT2D eigenvalue weighted by Gasteiger charge is 2.27. The number of halogens is 2. The summed E-state index contributed by atoms with van der Waals surface area (Å²) in [6.07, 6.45) is 0.396. The van der Waals surface area contributed by atoms with E-state index in [1.54, 1.807) is 32.0 Å². The Morgan fingerprint density at radius 1 is 1.43 bits per heavy atom. The fourth-order valence-electron chi connectivity index (χ4n) is 2.17. The van der Waals surface area contributed by atoms with Crippen LogP contribution < -0.4 is 5.32 Å². The zero-order chi connectivity index (χ0) is 17.1. The van der Waals surface area contributed by atoms with E-state index in [4.69, 9.17) is 23.2 Å². The summed E-state index contributed by atoms with van der Waals surface area (Å²) in [7, 11) is 0. The van der Waals surface area contributed by atoms with E-state index in [0.717, 1.165) is 0 Å². The maximum absolute atomic E-state index is 12.5. The Morgan fingerprint density at radius 2 is 2.04 bits per heavy atom. The summed E-state index contributed by atoms with van der Waals surface area (Å²) in [4.78, 5) is 22.7. The lowest BCUT2D eigenvalue weighted by atomic mass is 10.2. The van der Waals surface area contributed by atoms with Crippen molar-refractivity contribution in [2.45, 2.75) is 26.3 Å². The molecule has 0 spiro atoms. The normalized spacial score (nSPS) is 12.0. The average Bonchev–Trinajstić information content (AvgIpc) is 2.86. The predicted octanol–water partition coefficient (Wildman–Crippen LogP) is 4.00. The minimum Gasteiger partial charge on any atom is -0.358 e. The fraction of sp³-hybridized carbons (Fsp3) is 0.286. The number of benzene rings is 1. The van der Waals surface area contributed by atoms with Gasteiger partial charge in [0.05, 0.1) is 32.6 Å². The number of nitrogens with one attached hydrogen (secondary N) is 1. The Balaban J connectivity index is 2.31. The van der Waals surface area contributed by atoms with Crippen molar-refractivity contribution < 1.29 is 9.72 Å². The predicted molar refractivity (Wildman–Crippen MR) is 88.0 cm³/mol. The van der Waals surface area contributed by atoms with E-state index >= 15 is 0 Å². The van der Waals surface area contributed by atoms with Crippen LogP contribution in [0, 0.1) is 17.0 Å². The van der Waals surface area contributed by atoms with Crippen molar-refractivity contribution in [2.75, 3.05) is 5.32 Å². The van der Waals surface area contributed by atoms with Gasteiger partial charge in [-0.05, 0) is 30.4 Å². The summed E-state index contributed by atoms with van der Waals surface area (Å²) < 4.78 is 1.33. The van der Waals surface area contributed by atoms with Gasteiger partial charge in [0.2, 0.25) is 0 Å². The third-order valence-electron chi connectivity index (χ3n) is 3.29. The second kappa shape index (κ2) is 6.97. The van der Waals surface area contributed by atoms with E-state index in [2.05, 4.69) is 10.4 Å². The van der Waals surface area contributed by atoms with Crippen molar-refractivity contribution in [2.24, 2.45) is 0 Å². The second-order valence-corrected chi connectivity index (χ2v) is 5.67. The van der Waals surface area contributed by atoms with Crippen LogP contribution in [0.2, 0.25) is 10.0 Å². The average molecular weight is 357 g/mol. The van der Waals surface area contributed by atoms with Gasteiger partial charge < -0.3 is 15.4 Å². The molecule has 23 heavy (non-hydrogen) atoms. The van der Waals surface area contributed by atoms with Crippen molar-refractivity contribution in [3.63, 3.8) is 0 Å². The fourth-order valence-corrected chi connectivity index (χ4v) is 2.66. The summed E-state index contributed by atoms with van der Waals surface area (Å²) >= 11 is 12.1. The molecule has 1 amide bonds. The molecular formula is C14H14Cl2N4O3. The van der Waals surface area contributed by atoms with Crippen molar-refractivity contribution in [3.05, 3.63) is 50.1 Å². The van der Waals surface area contributed by atoms with Gasteiger partial charge in [0.1, 0.15) is 0 Å². The molecule has 1 aromatic carbocycles. The molecule has 1 atom stereocenters. The summed E-state index contributed by atoms with van der Waals surface area (Å²) in [5, 5.41) is 18.0. The molecule has 2 aromatic rings. The minimum atomic E-state index is -0.712. The number of hydrogen-bond donors (Lipinski definition) is 1. The number of hydrogen-bond acceptors (Lipinski definition) is 4. The van der Waals surface area contributed by atoms with Gasteiger partial charge in [-0.15, -0.1) is 0 Å². The van der Waals surface area contributed by atoms with E-state index in [0.29, 0.717) is 27.8 Å². The van der Waals surface area contributed by atoms with Gasteiger partial charge in [0.25, 0.3) is 5.91 Å². The van der Waals surface area contributed by atoms with Crippen molar-refractivity contribution in [1.82, 2.24) is 9.78 Å². The first kappa shape index (κ1) is 17.2. The first-order valence-electron chi connectivity index (χ1n) is 6.80. The zero-order valence-electron chi connectivity index (χ0n) is 12.4. The van der Waals surface area contributed by atoms with Crippen LogP contribution >= 0.6 is 23.2 Å². The highest BCUT2D eigenvalue weighted by molar-refractivity contribution is 6.39. The summed E-state index contributed by atoms with van der Waals surface area (Å²) in [5.41, 5.74) is 0.822. The van der Waals surface area contributed by atoms with Crippen molar-refractivity contribution in [1.29, 1.82) is 0 Å². The van der Waals surface area contributed by atoms with E-state index in [-0.39, 0.29) is 5.82 Å². The molecule has 0 saturated carbocycles. The topological polar surface area (TPSA) is 90.1 Å². The Hall–Kier alpha value is -2.12. The SMILES string of the molecule is CCC(C(=O)Nc1c(Cl)cccc1Cl)n1nc([N+](=O)[O-])cc1C. The van der Waals surface area contributed by atoms with Gasteiger partial charge in [-0.1, -0.05) is 36.2 Å². The maximum Gasteiger partial charge on any atom is 0.390 e. The van der Waals surface area contributed by atoms with Crippen LogP contribution in [-0.2, 0) is 4.79 Å². The molecule has 1 heterocycles. The molecule has 0 aliphatic rings. The van der Waals surface area contributed by atoms with Crippen LogP contribution in [0.5, 0.6) is 0 Å². The molecular weight excluding hydrogens is 343 g/mol. The van der Waals surface area contributed by atoms with Crippen molar-refractivity contribution in [3.8, 4) is 0 Å². The van der Waals surface area contributed by atoms with Crippen LogP contribution in [0.3, 0.4) is 0 Å². The molecule has 0 saturated heterocycles. The molecule has 0 fully saturated rings. The van der Waals surface area contributed by atoms with E-state index in [9.17, 15) is 14.9 Å². The smallest absolute Gasteiger partial charge is 0.358 e. The highest BCUT2D eigenvalue weighted by atomic mass is 35.5. The van der Waals surface area contributed by atoms with Crippen LogP contribution in [-0.4, -0.2) is 20.6 Å². The first-order valence-corrected chi connectivity index (χ1v) is 7.56. The van der Waals surface area contributed by atoms with Gasteiger partial charge in [0.15, 0.2) is 6.04 Å². The number of nitrogens with zero attached hydrogens (tertiary/aromatic N) is 3. The third kappa shape index (κ3) is 3.62. The number of aromatic nitrogens is 2. The minimum absolute atomic E-state index is 0.301. The molecule has 0 aliphatic carbocycles. The van der Waals surface area contributed by atoms with Gasteiger partial charge in [0, 0.05) is 0 Å². The lowest BCUT2D eigenvalue weighted by molar-refractivity contribution is -0.389. The molecule has 122 valence electrons. The number of para-hydroxylation sites is 1. The highest BCUT2D eigenvalue weighted by Crippen LogP contribution is 2.31. The molecule has 1 unspecified atom stereocenters. The molecule has 7 nitrogen and oxygen atoms in total. The van der Waals surface area contributed by atoms with Crippen LogP contribution in [0.1, 0.15) is 25.1 Å². The number of nitro groups is 1. The number of anilines is 1. The lowest BCUT2D eigenvalue weighted by Crippen LogP contribution is -2.27. The molecule has 0 bridgehead atoms. The van der Waals surface area contributed by atoms with Crippen LogP contribution in [0.4, 0.5) is 11.5 Å².